The van der Waals surface area contributed by atoms with Gasteiger partial charge in [0.05, 0.1) is 13.1 Å². The van der Waals surface area contributed by atoms with Gasteiger partial charge in [0.2, 0.25) is 5.91 Å². The first-order valence-electron chi connectivity index (χ1n) is 8.16. The second kappa shape index (κ2) is 9.15. The van der Waals surface area contributed by atoms with Crippen LogP contribution in [0.25, 0.3) is 0 Å². The molecule has 0 aliphatic heterocycles. The monoisotopic (exact) mass is 334 g/mol. The van der Waals surface area contributed by atoms with Crippen molar-refractivity contribution in [2.45, 2.75) is 40.2 Å². The van der Waals surface area contributed by atoms with Crippen LogP contribution in [0.2, 0.25) is 0 Å². The molecule has 24 heavy (non-hydrogen) atoms. The van der Waals surface area contributed by atoms with E-state index in [2.05, 4.69) is 27.0 Å². The molecule has 0 aromatic heterocycles. The van der Waals surface area contributed by atoms with Crippen molar-refractivity contribution in [3.8, 4) is 5.75 Å². The largest absolute Gasteiger partial charge is 0.492 e. The van der Waals surface area contributed by atoms with E-state index in [4.69, 9.17) is 4.74 Å². The molecule has 0 aliphatic rings. The van der Waals surface area contributed by atoms with E-state index in [0.29, 0.717) is 19.1 Å². The van der Waals surface area contributed by atoms with Crippen molar-refractivity contribution < 1.29 is 9.53 Å². The normalized spacial score (nSPS) is 11.8. The Morgan fingerprint density at radius 1 is 1.12 bits per heavy atom. The van der Waals surface area contributed by atoms with E-state index >= 15 is 0 Å². The minimum absolute atomic E-state index is 0.0723. The molecule has 0 bridgehead atoms. The Labute approximate surface area is 145 Å². The zero-order valence-corrected chi connectivity index (χ0v) is 15.6. The highest BCUT2D eigenvalue weighted by molar-refractivity contribution is 5.86. The molecule has 0 atom stereocenters. The zero-order valence-electron chi connectivity index (χ0n) is 15.6. The van der Waals surface area contributed by atoms with Crippen molar-refractivity contribution >= 4 is 11.9 Å². The fraction of sp³-hybridized carbons (Fsp3) is 0.556. The molecule has 0 fully saturated rings. The first-order chi connectivity index (χ1) is 11.2. The lowest BCUT2D eigenvalue weighted by Gasteiger charge is -2.21. The van der Waals surface area contributed by atoms with Crippen molar-refractivity contribution in [1.82, 2.24) is 16.0 Å². The Balaban J connectivity index is 2.30. The van der Waals surface area contributed by atoms with Gasteiger partial charge < -0.3 is 20.7 Å². The van der Waals surface area contributed by atoms with Crippen LogP contribution in [-0.2, 0) is 4.79 Å². The molecule has 1 rings (SSSR count). The standard InChI is InChI=1S/C18H30N4O2/c1-13-9-14(2)11-15(10-13)24-8-7-20-17(19-6)21-12-16(23)22-18(3,4)5/h9-11H,7-8,12H2,1-6H3,(H,22,23)(H2,19,20,21). The number of amides is 1. The van der Waals surface area contributed by atoms with Crippen molar-refractivity contribution in [1.29, 1.82) is 0 Å². The van der Waals surface area contributed by atoms with Crippen molar-refractivity contribution in [3.05, 3.63) is 29.3 Å². The van der Waals surface area contributed by atoms with E-state index in [9.17, 15) is 4.79 Å². The number of ether oxygens (including phenoxy) is 1. The number of benzene rings is 1. The van der Waals surface area contributed by atoms with Crippen LogP contribution in [0.5, 0.6) is 5.75 Å². The zero-order chi connectivity index (χ0) is 18.2. The number of aliphatic imine (C=N–C) groups is 1. The lowest BCUT2D eigenvalue weighted by molar-refractivity contribution is -0.121. The third kappa shape index (κ3) is 8.41. The van der Waals surface area contributed by atoms with Crippen LogP contribution < -0.4 is 20.7 Å². The summed E-state index contributed by atoms with van der Waals surface area (Å²) in [5.74, 6) is 1.36. The Morgan fingerprint density at radius 3 is 2.29 bits per heavy atom. The smallest absolute Gasteiger partial charge is 0.239 e. The van der Waals surface area contributed by atoms with Gasteiger partial charge in [-0.1, -0.05) is 6.07 Å². The summed E-state index contributed by atoms with van der Waals surface area (Å²) in [6, 6.07) is 6.13. The van der Waals surface area contributed by atoms with Crippen LogP contribution in [0.1, 0.15) is 31.9 Å². The van der Waals surface area contributed by atoms with Gasteiger partial charge >= 0.3 is 0 Å². The maximum atomic E-state index is 11.8. The molecule has 6 heteroatoms. The van der Waals surface area contributed by atoms with Gasteiger partial charge in [0.15, 0.2) is 5.96 Å². The molecule has 6 nitrogen and oxygen atoms in total. The van der Waals surface area contributed by atoms with E-state index < -0.39 is 0 Å². The maximum Gasteiger partial charge on any atom is 0.239 e. The Kier molecular flexibility index (Phi) is 7.55. The van der Waals surface area contributed by atoms with Gasteiger partial charge in [-0.2, -0.15) is 0 Å². The second-order valence-electron chi connectivity index (χ2n) is 6.82. The minimum atomic E-state index is -0.241. The van der Waals surface area contributed by atoms with Crippen molar-refractivity contribution in [2.24, 2.45) is 4.99 Å². The number of nitrogens with one attached hydrogen (secondary N) is 3. The summed E-state index contributed by atoms with van der Waals surface area (Å²) < 4.78 is 5.73. The number of nitrogens with zero attached hydrogens (tertiary/aromatic N) is 1. The maximum absolute atomic E-state index is 11.8. The van der Waals surface area contributed by atoms with Gasteiger partial charge in [-0.25, -0.2) is 0 Å². The summed E-state index contributed by atoms with van der Waals surface area (Å²) in [4.78, 5) is 15.9. The molecular formula is C18H30N4O2. The Hall–Kier alpha value is -2.24. The SMILES string of the molecule is CN=C(NCCOc1cc(C)cc(C)c1)NCC(=O)NC(C)(C)C. The number of carbonyl (C=O) groups excluding carboxylic acids is 1. The lowest BCUT2D eigenvalue weighted by atomic mass is 10.1. The van der Waals surface area contributed by atoms with Crippen molar-refractivity contribution in [3.63, 3.8) is 0 Å². The number of hydrogen-bond acceptors (Lipinski definition) is 3. The summed E-state index contributed by atoms with van der Waals surface area (Å²) in [6.45, 7) is 11.2. The van der Waals surface area contributed by atoms with Crippen molar-refractivity contribution in [2.75, 3.05) is 26.7 Å². The molecule has 0 saturated carbocycles. The minimum Gasteiger partial charge on any atom is -0.492 e. The first kappa shape index (κ1) is 19.8. The van der Waals surface area contributed by atoms with Gasteiger partial charge in [-0.3, -0.25) is 9.79 Å². The molecule has 0 radical (unpaired) electrons. The summed E-state index contributed by atoms with van der Waals surface area (Å²) in [7, 11) is 1.67. The molecule has 0 spiro atoms. The van der Waals surface area contributed by atoms with Crippen LogP contribution in [0.3, 0.4) is 0 Å². The Bertz CT molecular complexity index is 557. The Morgan fingerprint density at radius 2 is 1.75 bits per heavy atom. The topological polar surface area (TPSA) is 74.8 Å². The van der Waals surface area contributed by atoms with Gasteiger partial charge in [-0.05, 0) is 57.9 Å². The van der Waals surface area contributed by atoms with E-state index in [0.717, 1.165) is 5.75 Å². The van der Waals surface area contributed by atoms with Gasteiger partial charge in [0, 0.05) is 12.6 Å². The summed E-state index contributed by atoms with van der Waals surface area (Å²) in [5, 5.41) is 8.99. The summed E-state index contributed by atoms with van der Waals surface area (Å²) in [6.07, 6.45) is 0. The van der Waals surface area contributed by atoms with E-state index in [-0.39, 0.29) is 18.0 Å². The second-order valence-corrected chi connectivity index (χ2v) is 6.82. The van der Waals surface area contributed by atoms with Crippen LogP contribution in [0.15, 0.2) is 23.2 Å². The molecule has 1 amide bonds. The molecule has 0 unspecified atom stereocenters. The van der Waals surface area contributed by atoms with Gasteiger partial charge in [0.1, 0.15) is 12.4 Å². The number of aryl methyl sites for hydroxylation is 2. The molecule has 134 valence electrons. The fourth-order valence-electron chi connectivity index (χ4n) is 2.20. The highest BCUT2D eigenvalue weighted by Gasteiger charge is 2.13. The summed E-state index contributed by atoms with van der Waals surface area (Å²) in [5.41, 5.74) is 2.12. The molecule has 0 aliphatic carbocycles. The van der Waals surface area contributed by atoms with Crippen LogP contribution >= 0.6 is 0 Å². The quantitative estimate of drug-likeness (QED) is 0.421. The third-order valence-electron chi connectivity index (χ3n) is 3.01. The number of rotatable bonds is 6. The molecule has 1 aromatic carbocycles. The molecule has 3 N–H and O–H groups in total. The first-order valence-corrected chi connectivity index (χ1v) is 8.16. The van der Waals surface area contributed by atoms with E-state index in [1.54, 1.807) is 7.05 Å². The molecule has 0 saturated heterocycles. The van der Waals surface area contributed by atoms with Gasteiger partial charge in [0.25, 0.3) is 0 Å². The van der Waals surface area contributed by atoms with Crippen LogP contribution in [0.4, 0.5) is 0 Å². The highest BCUT2D eigenvalue weighted by Crippen LogP contribution is 2.15. The van der Waals surface area contributed by atoms with E-state index in [1.807, 2.05) is 46.8 Å². The van der Waals surface area contributed by atoms with Crippen LogP contribution in [-0.4, -0.2) is 44.1 Å². The molecule has 1 aromatic rings. The third-order valence-corrected chi connectivity index (χ3v) is 3.01. The number of hydrogen-bond donors (Lipinski definition) is 3. The average molecular weight is 334 g/mol. The van der Waals surface area contributed by atoms with Gasteiger partial charge in [-0.15, -0.1) is 0 Å². The average Bonchev–Trinajstić information content (AvgIpc) is 2.43. The number of guanidine groups is 1. The molecular weight excluding hydrogens is 304 g/mol. The summed E-state index contributed by atoms with van der Waals surface area (Å²) >= 11 is 0. The highest BCUT2D eigenvalue weighted by atomic mass is 16.5. The molecule has 0 heterocycles. The number of carbonyl (C=O) groups is 1. The predicted molar refractivity (Wildman–Crippen MR) is 98.7 cm³/mol. The fourth-order valence-corrected chi connectivity index (χ4v) is 2.20. The predicted octanol–water partition coefficient (Wildman–Crippen LogP) is 1.76. The lowest BCUT2D eigenvalue weighted by Crippen LogP contribution is -2.48. The van der Waals surface area contributed by atoms with Crippen LogP contribution in [0, 0.1) is 13.8 Å². The van der Waals surface area contributed by atoms with E-state index in [1.165, 1.54) is 11.1 Å².